The van der Waals surface area contributed by atoms with Crippen molar-refractivity contribution in [1.29, 1.82) is 0 Å². The number of fused-ring (bicyclic) bond motifs is 2. The summed E-state index contributed by atoms with van der Waals surface area (Å²) in [5.41, 5.74) is 2.51. The molecule has 240 valence electrons. The van der Waals surface area contributed by atoms with Gasteiger partial charge in [0.2, 0.25) is 5.91 Å². The Morgan fingerprint density at radius 1 is 1.24 bits per heavy atom. The second kappa shape index (κ2) is 12.7. The number of nitrogens with zero attached hydrogens (tertiary/aromatic N) is 4. The molecule has 6 rings (SSSR count). The van der Waals surface area contributed by atoms with Gasteiger partial charge in [0.25, 0.3) is 5.91 Å². The van der Waals surface area contributed by atoms with Crippen molar-refractivity contribution in [2.24, 2.45) is 5.92 Å². The van der Waals surface area contributed by atoms with E-state index in [-0.39, 0.29) is 42.0 Å². The van der Waals surface area contributed by atoms with E-state index in [1.54, 1.807) is 9.58 Å². The standard InChI is InChI=1S/C32H41BrN6O5Si/c1-20-29(45(2,3)43)28(12-15-38-19-24(13-16-40)36-37-38)44-32(20)25-17-22(33)8-11-27(25)39(31(32)42)18-21-6-9-23(10-7-21)35-30(41)26-5-4-14-34-26/h6-11,17,19-20,26,28-29,34,40,43H,4-5,12-16,18H2,1-3H3,(H,35,41)/t20-,26+,28+,29-,32+/m0/s1. The van der Waals surface area contributed by atoms with E-state index in [0.717, 1.165) is 46.4 Å². The predicted molar refractivity (Wildman–Crippen MR) is 176 cm³/mol. The Hall–Kier alpha value is -2.94. The molecule has 4 N–H and O–H groups in total. The highest BCUT2D eigenvalue weighted by molar-refractivity contribution is 9.10. The lowest BCUT2D eigenvalue weighted by Crippen LogP contribution is -2.46. The summed E-state index contributed by atoms with van der Waals surface area (Å²) in [7, 11) is -2.80. The Balaban J connectivity index is 1.26. The highest BCUT2D eigenvalue weighted by Crippen LogP contribution is 2.60. The van der Waals surface area contributed by atoms with Crippen molar-refractivity contribution in [3.05, 3.63) is 70.0 Å². The molecule has 0 saturated carbocycles. The highest BCUT2D eigenvalue weighted by Gasteiger charge is 2.66. The molecule has 0 radical (unpaired) electrons. The number of hydrogen-bond acceptors (Lipinski definition) is 8. The third-order valence-electron chi connectivity index (χ3n) is 9.48. The maximum absolute atomic E-state index is 14.6. The van der Waals surface area contributed by atoms with Gasteiger partial charge < -0.3 is 30.2 Å². The van der Waals surface area contributed by atoms with Crippen LogP contribution in [0.5, 0.6) is 0 Å². The number of amides is 2. The maximum atomic E-state index is 14.6. The number of rotatable bonds is 10. The molecule has 3 aromatic rings. The van der Waals surface area contributed by atoms with Crippen LogP contribution in [0, 0.1) is 5.92 Å². The van der Waals surface area contributed by atoms with Gasteiger partial charge in [0.1, 0.15) is 0 Å². The van der Waals surface area contributed by atoms with Crippen molar-refractivity contribution in [3.8, 4) is 0 Å². The molecular formula is C32H41BrN6O5Si. The molecule has 2 aromatic carbocycles. The summed E-state index contributed by atoms with van der Waals surface area (Å²) in [6.07, 6.45) is 4.27. The van der Waals surface area contributed by atoms with Crippen molar-refractivity contribution in [3.63, 3.8) is 0 Å². The number of carbonyl (C=O) groups excluding carboxylic acids is 2. The van der Waals surface area contributed by atoms with Gasteiger partial charge in [0.15, 0.2) is 13.9 Å². The van der Waals surface area contributed by atoms with Gasteiger partial charge in [-0.2, -0.15) is 0 Å². The van der Waals surface area contributed by atoms with Crippen LogP contribution >= 0.6 is 15.9 Å². The van der Waals surface area contributed by atoms with E-state index in [2.05, 4.69) is 36.9 Å². The fraction of sp³-hybridized carbons (Fsp3) is 0.500. The van der Waals surface area contributed by atoms with E-state index in [1.165, 1.54) is 0 Å². The summed E-state index contributed by atoms with van der Waals surface area (Å²) in [5.74, 6) is -0.440. The monoisotopic (exact) mass is 696 g/mol. The number of halogens is 1. The fourth-order valence-electron chi connectivity index (χ4n) is 7.43. The zero-order valence-corrected chi connectivity index (χ0v) is 28.5. The SMILES string of the molecule is C[C@H]1[C@H]([Si](C)(C)O)[C@@H](CCn2cc(CCO)nn2)O[C@]12C(=O)N(Cc1ccc(NC(=O)[C@H]3CCCN3)cc1)c1ccc(Br)cc12. The van der Waals surface area contributed by atoms with E-state index in [0.29, 0.717) is 31.6 Å². The number of benzene rings is 2. The molecule has 2 amide bonds. The molecule has 3 aliphatic rings. The van der Waals surface area contributed by atoms with Crippen molar-refractivity contribution in [2.45, 2.75) is 82.1 Å². The Labute approximate surface area is 272 Å². The molecule has 13 heteroatoms. The summed E-state index contributed by atoms with van der Waals surface area (Å²) in [4.78, 5) is 40.5. The molecule has 11 nitrogen and oxygen atoms in total. The number of hydrogen-bond donors (Lipinski definition) is 4. The van der Waals surface area contributed by atoms with E-state index in [1.807, 2.05) is 68.7 Å². The van der Waals surface area contributed by atoms with Gasteiger partial charge in [-0.3, -0.25) is 14.3 Å². The second-order valence-electron chi connectivity index (χ2n) is 13.0. The van der Waals surface area contributed by atoms with E-state index < -0.39 is 13.9 Å². The zero-order chi connectivity index (χ0) is 31.9. The average molecular weight is 698 g/mol. The van der Waals surface area contributed by atoms with Crippen molar-refractivity contribution < 1.29 is 24.2 Å². The summed E-state index contributed by atoms with van der Waals surface area (Å²) in [6.45, 7) is 7.58. The first-order valence-corrected chi connectivity index (χ1v) is 19.5. The van der Waals surface area contributed by atoms with Crippen LogP contribution in [0.1, 0.15) is 43.0 Å². The second-order valence-corrected chi connectivity index (χ2v) is 17.9. The first kappa shape index (κ1) is 32.0. The van der Waals surface area contributed by atoms with Crippen molar-refractivity contribution in [2.75, 3.05) is 23.4 Å². The van der Waals surface area contributed by atoms with Gasteiger partial charge in [-0.25, -0.2) is 0 Å². The fourth-order valence-corrected chi connectivity index (χ4v) is 10.4. The minimum Gasteiger partial charge on any atom is -0.432 e. The Bertz CT molecular complexity index is 1560. The predicted octanol–water partition coefficient (Wildman–Crippen LogP) is 3.70. The van der Waals surface area contributed by atoms with Gasteiger partial charge >= 0.3 is 0 Å². The molecule has 3 aliphatic heterocycles. The normalized spacial score (nSPS) is 26.2. The molecule has 0 aliphatic carbocycles. The minimum atomic E-state index is -2.80. The smallest absolute Gasteiger partial charge is 0.264 e. The topological polar surface area (TPSA) is 142 Å². The first-order valence-electron chi connectivity index (χ1n) is 15.7. The first-order chi connectivity index (χ1) is 21.5. The average Bonchev–Trinajstić information content (AvgIpc) is 3.78. The van der Waals surface area contributed by atoms with Crippen LogP contribution in [0.4, 0.5) is 11.4 Å². The summed E-state index contributed by atoms with van der Waals surface area (Å²) < 4.78 is 9.50. The summed E-state index contributed by atoms with van der Waals surface area (Å²) in [6, 6.07) is 13.3. The lowest BCUT2D eigenvalue weighted by atomic mass is 9.82. The van der Waals surface area contributed by atoms with Gasteiger partial charge in [-0.05, 0) is 74.8 Å². The Morgan fingerprint density at radius 3 is 2.71 bits per heavy atom. The molecule has 1 aromatic heterocycles. The number of aromatic nitrogens is 3. The summed E-state index contributed by atoms with van der Waals surface area (Å²) >= 11 is 3.62. The molecule has 2 fully saturated rings. The van der Waals surface area contributed by atoms with Gasteiger partial charge in [-0.15, -0.1) is 5.10 Å². The molecule has 5 atom stereocenters. The molecular weight excluding hydrogens is 656 g/mol. The van der Waals surface area contributed by atoms with E-state index in [9.17, 15) is 19.5 Å². The number of aryl methyl sites for hydroxylation is 1. The van der Waals surface area contributed by atoms with Crippen molar-refractivity contribution in [1.82, 2.24) is 20.3 Å². The molecule has 0 unspecified atom stereocenters. The van der Waals surface area contributed by atoms with Gasteiger partial charge in [-0.1, -0.05) is 40.2 Å². The minimum absolute atomic E-state index is 0.00324. The number of carbonyl (C=O) groups is 2. The number of nitrogens with one attached hydrogen (secondary N) is 2. The lowest BCUT2D eigenvalue weighted by Gasteiger charge is -2.32. The molecule has 0 bridgehead atoms. The number of aliphatic hydroxyl groups excluding tert-OH is 1. The third kappa shape index (κ3) is 6.13. The number of aliphatic hydroxyl groups is 1. The lowest BCUT2D eigenvalue weighted by molar-refractivity contribution is -0.146. The van der Waals surface area contributed by atoms with Gasteiger partial charge in [0, 0.05) is 53.0 Å². The molecule has 45 heavy (non-hydrogen) atoms. The maximum Gasteiger partial charge on any atom is 0.264 e. The third-order valence-corrected chi connectivity index (χ3v) is 12.5. The van der Waals surface area contributed by atoms with Crippen LogP contribution < -0.4 is 15.5 Å². The van der Waals surface area contributed by atoms with Crippen LogP contribution in [-0.2, 0) is 39.4 Å². The largest absolute Gasteiger partial charge is 0.432 e. The molecule has 4 heterocycles. The van der Waals surface area contributed by atoms with E-state index in [4.69, 9.17) is 4.74 Å². The molecule has 2 saturated heterocycles. The van der Waals surface area contributed by atoms with Crippen LogP contribution in [0.15, 0.2) is 53.1 Å². The van der Waals surface area contributed by atoms with Crippen molar-refractivity contribution >= 4 is 47.4 Å². The number of anilines is 2. The summed E-state index contributed by atoms with van der Waals surface area (Å²) in [5, 5.41) is 23.8. The van der Waals surface area contributed by atoms with E-state index >= 15 is 0 Å². The van der Waals surface area contributed by atoms with Crippen LogP contribution in [0.2, 0.25) is 18.6 Å². The Morgan fingerprint density at radius 2 is 2.02 bits per heavy atom. The van der Waals surface area contributed by atoms with Crippen LogP contribution in [-0.4, -0.2) is 70.3 Å². The molecule has 1 spiro atoms. The number of ether oxygens (including phenoxy) is 1. The Kier molecular flexibility index (Phi) is 9.03. The van der Waals surface area contributed by atoms with Crippen LogP contribution in [0.25, 0.3) is 0 Å². The van der Waals surface area contributed by atoms with Crippen LogP contribution in [0.3, 0.4) is 0 Å². The highest BCUT2D eigenvalue weighted by atomic mass is 79.9. The zero-order valence-electron chi connectivity index (χ0n) is 25.9. The van der Waals surface area contributed by atoms with Gasteiger partial charge in [0.05, 0.1) is 30.1 Å². The quantitative estimate of drug-likeness (QED) is 0.235.